The van der Waals surface area contributed by atoms with Gasteiger partial charge in [0.25, 0.3) is 5.91 Å². The van der Waals surface area contributed by atoms with Crippen molar-refractivity contribution < 1.29 is 19.1 Å². The van der Waals surface area contributed by atoms with Gasteiger partial charge >= 0.3 is 5.97 Å². The molecule has 164 valence electrons. The molecule has 3 aromatic carbocycles. The standard InChI is InChI=1S/C22H14Br3ClN2O4/c23-14-9-17(24)21(18(25)10-14)31-12-20(29)28-27-11-13-5-7-15(8-6-13)32-22(30)16-3-1-2-4-19(16)26/h1-11H,12H2,(H,28,29)/b27-11+. The monoisotopic (exact) mass is 642 g/mol. The number of amides is 1. The summed E-state index contributed by atoms with van der Waals surface area (Å²) in [5, 5.41) is 4.22. The second-order valence-corrected chi connectivity index (χ2v) is 9.25. The third-order valence-corrected chi connectivity index (χ3v) is 5.86. The van der Waals surface area contributed by atoms with Crippen LogP contribution in [0.4, 0.5) is 0 Å². The topological polar surface area (TPSA) is 77.0 Å². The number of esters is 1. The van der Waals surface area contributed by atoms with Gasteiger partial charge in [-0.25, -0.2) is 10.2 Å². The van der Waals surface area contributed by atoms with E-state index in [1.807, 2.05) is 12.1 Å². The lowest BCUT2D eigenvalue weighted by Crippen LogP contribution is -2.24. The molecule has 6 nitrogen and oxygen atoms in total. The minimum Gasteiger partial charge on any atom is -0.481 e. The number of nitrogens with zero attached hydrogens (tertiary/aromatic N) is 1. The summed E-state index contributed by atoms with van der Waals surface area (Å²) in [4.78, 5) is 24.2. The van der Waals surface area contributed by atoms with Crippen molar-refractivity contribution in [3.8, 4) is 11.5 Å². The minimum absolute atomic E-state index is 0.215. The number of hydrogen-bond acceptors (Lipinski definition) is 5. The van der Waals surface area contributed by atoms with E-state index in [0.717, 1.165) is 4.47 Å². The summed E-state index contributed by atoms with van der Waals surface area (Å²) in [6.07, 6.45) is 1.46. The van der Waals surface area contributed by atoms with Gasteiger partial charge in [0, 0.05) is 4.47 Å². The number of hydrogen-bond donors (Lipinski definition) is 1. The smallest absolute Gasteiger partial charge is 0.345 e. The molecule has 0 heterocycles. The van der Waals surface area contributed by atoms with Gasteiger partial charge in [-0.1, -0.05) is 39.7 Å². The lowest BCUT2D eigenvalue weighted by atomic mass is 10.2. The molecule has 10 heteroatoms. The highest BCUT2D eigenvalue weighted by Gasteiger charge is 2.12. The molecule has 0 fully saturated rings. The van der Waals surface area contributed by atoms with Crippen LogP contribution < -0.4 is 14.9 Å². The minimum atomic E-state index is -0.548. The van der Waals surface area contributed by atoms with E-state index < -0.39 is 11.9 Å². The first-order valence-electron chi connectivity index (χ1n) is 8.99. The van der Waals surface area contributed by atoms with E-state index >= 15 is 0 Å². The molecule has 0 aliphatic heterocycles. The number of ether oxygens (including phenoxy) is 2. The van der Waals surface area contributed by atoms with E-state index in [1.54, 1.807) is 48.5 Å². The summed E-state index contributed by atoms with van der Waals surface area (Å²) in [7, 11) is 0. The van der Waals surface area contributed by atoms with Crippen LogP contribution in [-0.2, 0) is 4.79 Å². The Hall–Kier alpha value is -2.20. The maximum atomic E-state index is 12.2. The van der Waals surface area contributed by atoms with Crippen LogP contribution >= 0.6 is 59.4 Å². The average Bonchev–Trinajstić information content (AvgIpc) is 2.74. The fourth-order valence-corrected chi connectivity index (χ4v) is 5.13. The summed E-state index contributed by atoms with van der Waals surface area (Å²) in [5.41, 5.74) is 3.37. The van der Waals surface area contributed by atoms with Crippen molar-refractivity contribution in [2.75, 3.05) is 6.61 Å². The first-order chi connectivity index (χ1) is 15.3. The molecule has 1 amide bonds. The third kappa shape index (κ3) is 6.90. The van der Waals surface area contributed by atoms with Crippen LogP contribution in [0.1, 0.15) is 15.9 Å². The van der Waals surface area contributed by atoms with Crippen molar-refractivity contribution in [2.24, 2.45) is 5.10 Å². The number of hydrazone groups is 1. The van der Waals surface area contributed by atoms with Crippen molar-refractivity contribution in [3.05, 3.63) is 90.2 Å². The van der Waals surface area contributed by atoms with Crippen LogP contribution in [0.3, 0.4) is 0 Å². The molecule has 0 atom stereocenters. The highest BCUT2D eigenvalue weighted by Crippen LogP contribution is 2.36. The molecule has 0 radical (unpaired) electrons. The molecular weight excluding hydrogens is 631 g/mol. The molecule has 1 N–H and O–H groups in total. The number of rotatable bonds is 7. The van der Waals surface area contributed by atoms with E-state index in [4.69, 9.17) is 21.1 Å². The predicted molar refractivity (Wildman–Crippen MR) is 134 cm³/mol. The van der Waals surface area contributed by atoms with E-state index in [2.05, 4.69) is 58.3 Å². The third-order valence-electron chi connectivity index (χ3n) is 3.90. The average molecular weight is 646 g/mol. The van der Waals surface area contributed by atoms with Gasteiger partial charge in [0.05, 0.1) is 25.7 Å². The fraction of sp³-hybridized carbons (Fsp3) is 0.0455. The van der Waals surface area contributed by atoms with Crippen LogP contribution in [-0.4, -0.2) is 24.7 Å². The molecule has 0 bridgehead atoms. The fourth-order valence-electron chi connectivity index (χ4n) is 2.43. The van der Waals surface area contributed by atoms with Crippen molar-refractivity contribution in [3.63, 3.8) is 0 Å². The number of carbonyl (C=O) groups excluding carboxylic acids is 2. The van der Waals surface area contributed by atoms with Crippen LogP contribution in [0.25, 0.3) is 0 Å². The number of carbonyl (C=O) groups is 2. The van der Waals surface area contributed by atoms with Gasteiger partial charge in [-0.2, -0.15) is 5.10 Å². The molecule has 0 saturated carbocycles. The predicted octanol–water partition coefficient (Wildman–Crippen LogP) is 6.38. The highest BCUT2D eigenvalue weighted by molar-refractivity contribution is 9.11. The Labute approximate surface area is 214 Å². The zero-order chi connectivity index (χ0) is 23.1. The number of halogens is 4. The highest BCUT2D eigenvalue weighted by atomic mass is 79.9. The molecule has 0 aliphatic rings. The molecular formula is C22H14Br3ClN2O4. The SMILES string of the molecule is O=C(COc1c(Br)cc(Br)cc1Br)N/N=C/c1ccc(OC(=O)c2ccccc2Cl)cc1. The molecule has 0 unspecified atom stereocenters. The van der Waals surface area contributed by atoms with Crippen LogP contribution in [0, 0.1) is 0 Å². The van der Waals surface area contributed by atoms with Crippen molar-refractivity contribution in [2.45, 2.75) is 0 Å². The first-order valence-corrected chi connectivity index (χ1v) is 11.7. The molecule has 3 rings (SSSR count). The zero-order valence-electron chi connectivity index (χ0n) is 16.2. The quantitative estimate of drug-likeness (QED) is 0.140. The van der Waals surface area contributed by atoms with E-state index in [-0.39, 0.29) is 12.2 Å². The number of benzene rings is 3. The van der Waals surface area contributed by atoms with Crippen molar-refractivity contribution in [1.82, 2.24) is 5.43 Å². The molecule has 0 aromatic heterocycles. The maximum absolute atomic E-state index is 12.2. The Morgan fingerprint density at radius 1 is 1.00 bits per heavy atom. The summed E-state index contributed by atoms with van der Waals surface area (Å²) >= 11 is 16.1. The Morgan fingerprint density at radius 2 is 1.66 bits per heavy atom. The van der Waals surface area contributed by atoms with Crippen LogP contribution in [0.15, 0.2) is 79.2 Å². The lowest BCUT2D eigenvalue weighted by Gasteiger charge is -2.09. The zero-order valence-corrected chi connectivity index (χ0v) is 21.7. The van der Waals surface area contributed by atoms with E-state index in [9.17, 15) is 9.59 Å². The summed E-state index contributed by atoms with van der Waals surface area (Å²) in [5.74, 6) is -0.106. The Bertz CT molecular complexity index is 1150. The van der Waals surface area contributed by atoms with Gasteiger partial charge in [-0.15, -0.1) is 0 Å². The summed E-state index contributed by atoms with van der Waals surface area (Å²) in [6.45, 7) is -0.215. The van der Waals surface area contributed by atoms with Gasteiger partial charge in [0.15, 0.2) is 6.61 Å². The molecule has 32 heavy (non-hydrogen) atoms. The molecule has 0 saturated heterocycles. The van der Waals surface area contributed by atoms with Gasteiger partial charge < -0.3 is 9.47 Å². The van der Waals surface area contributed by atoms with Gasteiger partial charge in [-0.05, 0) is 86.0 Å². The summed E-state index contributed by atoms with van der Waals surface area (Å²) < 4.78 is 13.1. The van der Waals surface area contributed by atoms with E-state index in [0.29, 0.717) is 31.0 Å². The molecule has 0 aliphatic carbocycles. The normalized spacial score (nSPS) is 10.8. The van der Waals surface area contributed by atoms with Gasteiger partial charge in [0.2, 0.25) is 0 Å². The first kappa shape index (κ1) is 24.4. The molecule has 3 aromatic rings. The van der Waals surface area contributed by atoms with Crippen molar-refractivity contribution in [1.29, 1.82) is 0 Å². The number of nitrogens with one attached hydrogen (secondary N) is 1. The van der Waals surface area contributed by atoms with Crippen LogP contribution in [0.2, 0.25) is 5.02 Å². The second-order valence-electron chi connectivity index (χ2n) is 6.22. The molecule has 0 spiro atoms. The Morgan fingerprint density at radius 3 is 2.31 bits per heavy atom. The summed E-state index contributed by atoms with van der Waals surface area (Å²) in [6, 6.07) is 16.9. The second kappa shape index (κ2) is 11.6. The largest absolute Gasteiger partial charge is 0.481 e. The Kier molecular flexibility index (Phi) is 8.86. The van der Waals surface area contributed by atoms with Gasteiger partial charge in [0.1, 0.15) is 11.5 Å². The van der Waals surface area contributed by atoms with Gasteiger partial charge in [-0.3, -0.25) is 4.79 Å². The van der Waals surface area contributed by atoms with Crippen molar-refractivity contribution >= 4 is 77.5 Å². The maximum Gasteiger partial charge on any atom is 0.345 e. The van der Waals surface area contributed by atoms with E-state index in [1.165, 1.54) is 6.21 Å². The Balaban J connectivity index is 1.50. The van der Waals surface area contributed by atoms with Crippen LogP contribution in [0.5, 0.6) is 11.5 Å². The lowest BCUT2D eigenvalue weighted by molar-refractivity contribution is -0.123.